The molecule has 0 aromatic heterocycles. The van der Waals surface area contributed by atoms with Gasteiger partial charge in [-0.3, -0.25) is 38.7 Å². The van der Waals surface area contributed by atoms with Crippen molar-refractivity contribution in [1.82, 2.24) is 20.0 Å². The molecule has 10 rings (SSSR count). The van der Waals surface area contributed by atoms with Gasteiger partial charge in [0.25, 0.3) is 11.8 Å². The highest BCUT2D eigenvalue weighted by atomic mass is 35.5. The minimum atomic E-state index is -4.97. The minimum Gasteiger partial charge on any atom is -0.480 e. The van der Waals surface area contributed by atoms with Gasteiger partial charge in [0.2, 0.25) is 17.7 Å². The Balaban J connectivity index is 0.773. The number of nitrogens with one attached hydrogen (secondary N) is 1. The van der Waals surface area contributed by atoms with Crippen LogP contribution in [0.1, 0.15) is 88.7 Å². The number of carbonyl (C=O) groups excluding carboxylic acids is 7. The van der Waals surface area contributed by atoms with Gasteiger partial charge in [-0.05, 0) is 74.8 Å². The maximum Gasteiger partial charge on any atom is 0.524 e. The number of phosphoric ester groups is 1. The second-order valence-electron chi connectivity index (χ2n) is 22.5. The molecule has 26 heteroatoms. The summed E-state index contributed by atoms with van der Waals surface area (Å²) in [5.74, 6) is -2.66. The lowest BCUT2D eigenvalue weighted by atomic mass is 9.34. The van der Waals surface area contributed by atoms with Crippen molar-refractivity contribution in [2.45, 2.75) is 93.7 Å². The highest BCUT2D eigenvalue weighted by molar-refractivity contribution is 8.77. The maximum atomic E-state index is 14.9. The Morgan fingerprint density at radius 1 is 0.807 bits per heavy atom. The Morgan fingerprint density at radius 3 is 1.93 bits per heavy atom. The molecule has 0 spiro atoms. The molecule has 4 aromatic carbocycles. The van der Waals surface area contributed by atoms with Gasteiger partial charge in [0, 0.05) is 117 Å². The topological polar surface area (TPSA) is 270 Å². The van der Waals surface area contributed by atoms with Gasteiger partial charge >= 0.3 is 26.0 Å². The van der Waals surface area contributed by atoms with E-state index < -0.39 is 58.9 Å². The predicted molar refractivity (Wildman–Crippen MR) is 316 cm³/mol. The van der Waals surface area contributed by atoms with Crippen LogP contribution in [0, 0.1) is 10.8 Å². The number of halogens is 2. The fourth-order valence-electron chi connectivity index (χ4n) is 12.1. The Kier molecular flexibility index (Phi) is 18.1. The standard InChI is InChI=1S/C57H65Cl2N6O15PS2/c1-33(59)39-29-65(52(72)57-30-56(31-57,32-57)51(71)64-28-34(27-58)47-37-15-10-9-14-36(37)43(26-40(47)64)80-81(75,76)77)41-25-42(35-13-8-11-16-38(35)48(39)41)79-54(74)62(5)22-21-61(4)53(73)78-23-24-82-83-55(2,3)49(50(69)70)60-44(66)17-7-6-12-20-63-45(67)18-19-46(63)68/h8-11,13-16,18-19,25-26,33-34,39,49H,6-7,12,17,20-24,27-32H2,1-5H3,(H,60,66)(H,69,70)(H2,75,76,77)/t33-,34-,39+,49-,56?,57?/m1/s1. The number of nitrogens with zero attached hydrogens (tertiary/aromatic N) is 5. The molecule has 0 saturated heterocycles. The number of carboxylic acids is 1. The first kappa shape index (κ1) is 61.5. The Bertz CT molecular complexity index is 3340. The Morgan fingerprint density at radius 2 is 1.35 bits per heavy atom. The van der Waals surface area contributed by atoms with Crippen LogP contribution in [-0.2, 0) is 38.1 Å². The third-order valence-corrected chi connectivity index (χ3v) is 20.6. The summed E-state index contributed by atoms with van der Waals surface area (Å²) in [7, 11) is 0.573. The first-order valence-corrected chi connectivity index (χ1v) is 32.0. The van der Waals surface area contributed by atoms with Crippen LogP contribution in [0.3, 0.4) is 0 Å². The van der Waals surface area contributed by atoms with E-state index >= 15 is 0 Å². The molecule has 4 aromatic rings. The monoisotopic (exact) mass is 1240 g/mol. The summed E-state index contributed by atoms with van der Waals surface area (Å²) in [5.41, 5.74) is 0.951. The van der Waals surface area contributed by atoms with E-state index in [-0.39, 0.29) is 118 Å². The van der Waals surface area contributed by atoms with E-state index in [1.165, 1.54) is 63.7 Å². The van der Waals surface area contributed by atoms with Gasteiger partial charge in [-0.1, -0.05) is 76.5 Å². The molecule has 3 fully saturated rings. The summed E-state index contributed by atoms with van der Waals surface area (Å²) in [6.07, 6.45) is 3.50. The molecule has 3 heterocycles. The zero-order chi connectivity index (χ0) is 59.9. The van der Waals surface area contributed by atoms with Crippen LogP contribution in [0.25, 0.3) is 21.5 Å². The van der Waals surface area contributed by atoms with Gasteiger partial charge in [-0.2, -0.15) is 0 Å². The van der Waals surface area contributed by atoms with Crippen molar-refractivity contribution in [2.24, 2.45) is 10.8 Å². The molecule has 4 atom stereocenters. The highest BCUT2D eigenvalue weighted by Gasteiger charge is 2.76. The van der Waals surface area contributed by atoms with Crippen LogP contribution < -0.4 is 24.4 Å². The van der Waals surface area contributed by atoms with Crippen LogP contribution >= 0.6 is 52.6 Å². The van der Waals surface area contributed by atoms with Crippen molar-refractivity contribution >= 4 is 133 Å². The van der Waals surface area contributed by atoms with Gasteiger partial charge in [0.15, 0.2) is 0 Å². The lowest BCUT2D eigenvalue weighted by Crippen LogP contribution is -2.73. The normalized spacial score (nSPS) is 21.2. The number of carbonyl (C=O) groups is 8. The van der Waals surface area contributed by atoms with Crippen LogP contribution in [0.15, 0.2) is 72.8 Å². The van der Waals surface area contributed by atoms with Gasteiger partial charge in [-0.15, -0.1) is 23.2 Å². The maximum absolute atomic E-state index is 14.9. The second-order valence-corrected chi connectivity index (χ2v) is 27.7. The Hall–Kier alpha value is -6.07. The smallest absolute Gasteiger partial charge is 0.480 e. The third-order valence-electron chi connectivity index (χ3n) is 16.3. The first-order valence-electron chi connectivity index (χ1n) is 27.2. The number of unbranched alkanes of at least 4 members (excludes halogenated alkanes) is 2. The molecule has 21 nitrogen and oxygen atoms in total. The van der Waals surface area contributed by atoms with E-state index in [0.717, 1.165) is 21.4 Å². The van der Waals surface area contributed by atoms with Crippen molar-refractivity contribution in [3.8, 4) is 11.5 Å². The highest BCUT2D eigenvalue weighted by Crippen LogP contribution is 2.75. The molecular formula is C57H65Cl2N6O15PS2. The third kappa shape index (κ3) is 12.5. The van der Waals surface area contributed by atoms with Crippen molar-refractivity contribution in [2.75, 3.05) is 74.9 Å². The fourth-order valence-corrected chi connectivity index (χ4v) is 15.4. The van der Waals surface area contributed by atoms with Gasteiger partial charge in [0.05, 0.1) is 27.0 Å². The summed E-state index contributed by atoms with van der Waals surface area (Å²) in [4.78, 5) is 132. The number of likely N-dealkylation sites (N-methyl/N-ethyl adjacent to an activating group) is 2. The molecule has 3 saturated carbocycles. The van der Waals surface area contributed by atoms with Gasteiger partial charge in [0.1, 0.15) is 24.1 Å². The molecule has 3 aliphatic heterocycles. The summed E-state index contributed by atoms with van der Waals surface area (Å²) in [5, 5.41) is 14.7. The number of amides is 7. The van der Waals surface area contributed by atoms with E-state index in [1.807, 2.05) is 37.3 Å². The van der Waals surface area contributed by atoms with E-state index in [4.69, 9.17) is 37.2 Å². The van der Waals surface area contributed by atoms with Gasteiger partial charge < -0.3 is 44.0 Å². The fraction of sp³-hybridized carbons (Fsp3) is 0.474. The number of anilines is 2. The summed E-state index contributed by atoms with van der Waals surface area (Å²) < 4.78 is 27.8. The SMILES string of the molecule is C[C@@H](Cl)[C@@H]1CN(C(=O)C23CC(C(=O)N4C[C@@H](CCl)c5c4cc(OP(=O)(O)O)c4ccccc54)(C2)C3)c2cc(OC(=O)N(C)CCN(C)C(=O)OCCSSC(C)(C)[C@H](NC(=O)CCCCCN3C(=O)C=CC3=O)C(=O)O)c3ccccc3c21. The molecule has 2 bridgehead atoms. The average Bonchev–Trinajstić information content (AvgIpc) is 1.43. The Labute approximate surface area is 497 Å². The predicted octanol–water partition coefficient (Wildman–Crippen LogP) is 8.78. The first-order chi connectivity index (χ1) is 39.3. The number of ether oxygens (including phenoxy) is 2. The number of imide groups is 1. The van der Waals surface area contributed by atoms with E-state index in [9.17, 15) is 57.8 Å². The molecular weight excluding hydrogens is 1170 g/mol. The molecule has 4 N–H and O–H groups in total. The van der Waals surface area contributed by atoms with Crippen molar-refractivity contribution in [1.29, 1.82) is 0 Å². The number of fused-ring (bicyclic) bond motifs is 6. The number of hydrogen-bond acceptors (Lipinski definition) is 14. The molecule has 3 aliphatic carbocycles. The number of aliphatic carboxylic acids is 1. The van der Waals surface area contributed by atoms with Crippen molar-refractivity contribution in [3.63, 3.8) is 0 Å². The minimum absolute atomic E-state index is 0.0124. The number of carboxylic acid groups (broad SMARTS) is 1. The molecule has 444 valence electrons. The van der Waals surface area contributed by atoms with E-state index in [1.54, 1.807) is 47.9 Å². The summed E-state index contributed by atoms with van der Waals surface area (Å²) >= 11 is 13.4. The number of benzene rings is 4. The van der Waals surface area contributed by atoms with Crippen molar-refractivity contribution in [3.05, 3.63) is 83.9 Å². The molecule has 0 unspecified atom stereocenters. The quantitative estimate of drug-likeness (QED) is 0.0168. The van der Waals surface area contributed by atoms with Crippen LogP contribution in [0.4, 0.5) is 21.0 Å². The van der Waals surface area contributed by atoms with Crippen LogP contribution in [0.5, 0.6) is 11.5 Å². The molecule has 6 aliphatic rings. The summed E-state index contributed by atoms with van der Waals surface area (Å²) in [6, 6.07) is 16.4. The zero-order valence-electron chi connectivity index (χ0n) is 46.3. The van der Waals surface area contributed by atoms with E-state index in [0.29, 0.717) is 52.5 Å². The van der Waals surface area contributed by atoms with Crippen LogP contribution in [-0.4, -0.2) is 159 Å². The lowest BCUT2D eigenvalue weighted by Gasteiger charge is -2.69. The molecule has 83 heavy (non-hydrogen) atoms. The zero-order valence-corrected chi connectivity index (χ0v) is 50.4. The number of rotatable bonds is 24. The summed E-state index contributed by atoms with van der Waals surface area (Å²) in [6.45, 7) is 6.11. The van der Waals surface area contributed by atoms with Gasteiger partial charge in [-0.25, -0.2) is 18.9 Å². The number of alkyl halides is 2. The molecule has 0 radical (unpaired) electrons. The van der Waals surface area contributed by atoms with E-state index in [2.05, 4.69) is 5.32 Å². The van der Waals surface area contributed by atoms with Crippen molar-refractivity contribution < 1.29 is 71.8 Å². The largest absolute Gasteiger partial charge is 0.524 e. The second kappa shape index (κ2) is 24.5. The van der Waals surface area contributed by atoms with Crippen LogP contribution in [0.2, 0.25) is 0 Å². The molecule has 7 amide bonds. The lowest BCUT2D eigenvalue weighted by molar-refractivity contribution is -0.205. The average molecular weight is 1240 g/mol. The number of phosphoric acid groups is 1. The number of hydrogen-bond donors (Lipinski definition) is 4.